The van der Waals surface area contributed by atoms with E-state index < -0.39 is 0 Å². The van der Waals surface area contributed by atoms with Gasteiger partial charge in [0.2, 0.25) is 0 Å². The fourth-order valence-corrected chi connectivity index (χ4v) is 2.64. The Bertz CT molecular complexity index is 596. The molecule has 0 saturated heterocycles. The van der Waals surface area contributed by atoms with E-state index >= 15 is 0 Å². The highest BCUT2D eigenvalue weighted by Gasteiger charge is 2.26. The molecule has 0 spiro atoms. The summed E-state index contributed by atoms with van der Waals surface area (Å²) in [6, 6.07) is 1.46. The number of hydrogen-bond acceptors (Lipinski definition) is 3. The van der Waals surface area contributed by atoms with Crippen molar-refractivity contribution in [3.05, 3.63) is 45.6 Å². The van der Waals surface area contributed by atoms with E-state index in [1.165, 1.54) is 25.3 Å². The van der Waals surface area contributed by atoms with Crippen LogP contribution in [0.4, 0.5) is 0 Å². The molecule has 19 heavy (non-hydrogen) atoms. The lowest BCUT2D eigenvalue weighted by molar-refractivity contribution is 0.0952. The first kappa shape index (κ1) is 12.2. The Kier molecular flexibility index (Phi) is 3.01. The van der Waals surface area contributed by atoms with E-state index in [-0.39, 0.29) is 11.5 Å². The van der Waals surface area contributed by atoms with Crippen LogP contribution in [0.15, 0.2) is 27.6 Å². The number of fused-ring (bicyclic) bond motifs is 1. The molecule has 1 fully saturated rings. The maximum Gasteiger partial charge on any atom is 0.336 e. The zero-order chi connectivity index (χ0) is 13.4. The number of hydrogen-bond donors (Lipinski definition) is 1. The zero-order valence-corrected chi connectivity index (χ0v) is 10.8. The molecule has 1 N–H and O–H groups in total. The molecule has 1 aromatic heterocycles. The minimum absolute atomic E-state index is 0.198. The summed E-state index contributed by atoms with van der Waals surface area (Å²) < 4.78 is 5.14. The van der Waals surface area contributed by atoms with E-state index in [1.807, 2.05) is 0 Å². The lowest BCUT2D eigenvalue weighted by Gasteiger charge is -2.19. The SMILES string of the molecule is C=C1Cc2oc(=O)cc(CCCC3CC3)c2C(=O)N1. The Hall–Kier alpha value is -1.84. The molecule has 0 radical (unpaired) electrons. The van der Waals surface area contributed by atoms with Gasteiger partial charge in [-0.05, 0) is 24.3 Å². The molecule has 0 bridgehead atoms. The quantitative estimate of drug-likeness (QED) is 0.901. The van der Waals surface area contributed by atoms with Crippen molar-refractivity contribution >= 4 is 5.91 Å². The van der Waals surface area contributed by atoms with Gasteiger partial charge in [-0.1, -0.05) is 25.8 Å². The van der Waals surface area contributed by atoms with Gasteiger partial charge in [0.15, 0.2) is 0 Å². The van der Waals surface area contributed by atoms with Crippen LogP contribution in [0.5, 0.6) is 0 Å². The smallest absolute Gasteiger partial charge is 0.336 e. The third kappa shape index (κ3) is 2.62. The van der Waals surface area contributed by atoms with Crippen LogP contribution in [-0.2, 0) is 12.8 Å². The third-order valence-corrected chi connectivity index (χ3v) is 3.76. The van der Waals surface area contributed by atoms with Crippen LogP contribution in [0, 0.1) is 5.92 Å². The average Bonchev–Trinajstić information content (AvgIpc) is 3.11. The molecule has 0 atom stereocenters. The molecular formula is C15H17NO3. The summed E-state index contributed by atoms with van der Waals surface area (Å²) in [7, 11) is 0. The Labute approximate surface area is 111 Å². The summed E-state index contributed by atoms with van der Waals surface area (Å²) in [5, 5.41) is 2.71. The Morgan fingerprint density at radius 1 is 1.37 bits per heavy atom. The van der Waals surface area contributed by atoms with Crippen LogP contribution in [0.1, 0.15) is 47.4 Å². The maximum absolute atomic E-state index is 12.0. The normalized spacial score (nSPS) is 18.1. The predicted molar refractivity (Wildman–Crippen MR) is 71.0 cm³/mol. The highest BCUT2D eigenvalue weighted by molar-refractivity contribution is 5.98. The van der Waals surface area contributed by atoms with Crippen molar-refractivity contribution in [2.45, 2.75) is 38.5 Å². The summed E-state index contributed by atoms with van der Waals surface area (Å²) in [4.78, 5) is 23.6. The van der Waals surface area contributed by atoms with E-state index in [0.29, 0.717) is 23.4 Å². The number of carbonyl (C=O) groups is 1. The first-order valence-corrected chi connectivity index (χ1v) is 6.78. The standard InChI is InChI=1S/C15H17NO3/c1-9-7-12-14(15(18)16-9)11(8-13(17)19-12)4-2-3-10-5-6-10/h8,10H,1-7H2,(H,16,18). The van der Waals surface area contributed by atoms with Crippen molar-refractivity contribution in [1.29, 1.82) is 0 Å². The van der Waals surface area contributed by atoms with E-state index in [1.54, 1.807) is 0 Å². The van der Waals surface area contributed by atoms with Gasteiger partial charge in [-0.15, -0.1) is 0 Å². The first-order valence-electron chi connectivity index (χ1n) is 6.78. The topological polar surface area (TPSA) is 59.3 Å². The second-order valence-electron chi connectivity index (χ2n) is 5.46. The summed E-state index contributed by atoms with van der Waals surface area (Å²) in [6.07, 6.45) is 6.04. The number of rotatable bonds is 4. The van der Waals surface area contributed by atoms with E-state index in [2.05, 4.69) is 11.9 Å². The van der Waals surface area contributed by atoms with Crippen molar-refractivity contribution in [2.75, 3.05) is 0 Å². The highest BCUT2D eigenvalue weighted by Crippen LogP contribution is 2.34. The van der Waals surface area contributed by atoms with Gasteiger partial charge in [0.1, 0.15) is 5.76 Å². The largest absolute Gasteiger partial charge is 0.427 e. The Morgan fingerprint density at radius 3 is 2.89 bits per heavy atom. The summed E-state index contributed by atoms with van der Waals surface area (Å²) in [5.74, 6) is 1.13. The van der Waals surface area contributed by atoms with Gasteiger partial charge in [0.05, 0.1) is 5.56 Å². The van der Waals surface area contributed by atoms with Gasteiger partial charge < -0.3 is 9.73 Å². The fraction of sp³-hybridized carbons (Fsp3) is 0.467. The van der Waals surface area contributed by atoms with Crippen LogP contribution < -0.4 is 10.9 Å². The van der Waals surface area contributed by atoms with Crippen molar-refractivity contribution in [3.8, 4) is 0 Å². The Balaban J connectivity index is 1.87. The number of allylic oxidation sites excluding steroid dienone is 1. The molecule has 1 saturated carbocycles. The molecule has 3 rings (SSSR count). The van der Waals surface area contributed by atoms with Crippen LogP contribution in [0.3, 0.4) is 0 Å². The molecule has 0 unspecified atom stereocenters. The van der Waals surface area contributed by atoms with Gasteiger partial charge in [0, 0.05) is 18.2 Å². The van der Waals surface area contributed by atoms with E-state index in [4.69, 9.17) is 4.42 Å². The van der Waals surface area contributed by atoms with Crippen LogP contribution >= 0.6 is 0 Å². The van der Waals surface area contributed by atoms with Gasteiger partial charge in [-0.3, -0.25) is 4.79 Å². The molecular weight excluding hydrogens is 242 g/mol. The Morgan fingerprint density at radius 2 is 2.16 bits per heavy atom. The monoisotopic (exact) mass is 259 g/mol. The third-order valence-electron chi connectivity index (χ3n) is 3.76. The minimum Gasteiger partial charge on any atom is -0.427 e. The lowest BCUT2D eigenvalue weighted by Crippen LogP contribution is -2.32. The van der Waals surface area contributed by atoms with E-state index in [0.717, 1.165) is 24.3 Å². The summed E-state index contributed by atoms with van der Waals surface area (Å²) in [6.45, 7) is 3.72. The molecule has 2 heterocycles. The molecule has 1 aromatic rings. The molecule has 1 amide bonds. The average molecular weight is 259 g/mol. The minimum atomic E-state index is -0.373. The second kappa shape index (κ2) is 4.68. The number of aryl methyl sites for hydroxylation is 1. The second-order valence-corrected chi connectivity index (χ2v) is 5.46. The summed E-state index contributed by atoms with van der Waals surface area (Å²) in [5.41, 5.74) is 1.57. The highest BCUT2D eigenvalue weighted by atomic mass is 16.4. The van der Waals surface area contributed by atoms with Crippen molar-refractivity contribution in [1.82, 2.24) is 5.32 Å². The first-order chi connectivity index (χ1) is 9.13. The van der Waals surface area contributed by atoms with Crippen LogP contribution in [-0.4, -0.2) is 5.91 Å². The van der Waals surface area contributed by atoms with Gasteiger partial charge in [0.25, 0.3) is 5.91 Å². The van der Waals surface area contributed by atoms with Gasteiger partial charge in [-0.2, -0.15) is 0 Å². The van der Waals surface area contributed by atoms with Crippen LogP contribution in [0.25, 0.3) is 0 Å². The molecule has 0 aromatic carbocycles. The number of amides is 1. The van der Waals surface area contributed by atoms with Gasteiger partial charge >= 0.3 is 5.63 Å². The number of carbonyl (C=O) groups excluding carboxylic acids is 1. The fourth-order valence-electron chi connectivity index (χ4n) is 2.64. The molecule has 4 heteroatoms. The van der Waals surface area contributed by atoms with Crippen LogP contribution in [0.2, 0.25) is 0 Å². The van der Waals surface area contributed by atoms with E-state index in [9.17, 15) is 9.59 Å². The van der Waals surface area contributed by atoms with Crippen molar-refractivity contribution in [2.24, 2.45) is 5.92 Å². The summed E-state index contributed by atoms with van der Waals surface area (Å²) >= 11 is 0. The molecule has 4 nitrogen and oxygen atoms in total. The molecule has 1 aliphatic carbocycles. The van der Waals surface area contributed by atoms with Crippen molar-refractivity contribution in [3.63, 3.8) is 0 Å². The predicted octanol–water partition coefficient (Wildman–Crippen LogP) is 2.17. The zero-order valence-electron chi connectivity index (χ0n) is 10.8. The molecule has 100 valence electrons. The van der Waals surface area contributed by atoms with Crippen molar-refractivity contribution < 1.29 is 9.21 Å². The molecule has 2 aliphatic rings. The van der Waals surface area contributed by atoms with Gasteiger partial charge in [-0.25, -0.2) is 4.79 Å². The maximum atomic E-state index is 12.0. The molecule has 1 aliphatic heterocycles. The lowest BCUT2D eigenvalue weighted by atomic mass is 9.96. The number of nitrogens with one attached hydrogen (secondary N) is 1.